The molecule has 2 aromatic carbocycles. The third-order valence-electron chi connectivity index (χ3n) is 3.91. The number of rotatable bonds is 5. The number of para-hydroxylation sites is 1. The van der Waals surface area contributed by atoms with Gasteiger partial charge in [0.2, 0.25) is 0 Å². The average Bonchev–Trinajstić information content (AvgIpc) is 2.94. The molecule has 1 aromatic heterocycles. The molecule has 0 saturated carbocycles. The van der Waals surface area contributed by atoms with E-state index in [-0.39, 0.29) is 6.04 Å². The van der Waals surface area contributed by atoms with Crippen molar-refractivity contribution in [1.29, 1.82) is 0 Å². The molecular weight excluding hydrogens is 296 g/mol. The van der Waals surface area contributed by atoms with E-state index in [2.05, 4.69) is 9.88 Å². The molecule has 2 atom stereocenters. The van der Waals surface area contributed by atoms with Crippen molar-refractivity contribution in [3.8, 4) is 0 Å². The Morgan fingerprint density at radius 3 is 2.59 bits per heavy atom. The normalized spacial score (nSPS) is 14.1. The van der Waals surface area contributed by atoms with E-state index in [0.717, 1.165) is 16.5 Å². The lowest BCUT2D eigenvalue weighted by Gasteiger charge is -2.26. The Hall–Kier alpha value is -1.81. The molecule has 3 nitrogen and oxygen atoms in total. The van der Waals surface area contributed by atoms with Gasteiger partial charge in [-0.05, 0) is 24.7 Å². The van der Waals surface area contributed by atoms with Crippen LogP contribution in [-0.4, -0.2) is 29.4 Å². The molecule has 0 fully saturated rings. The second-order valence-electron chi connectivity index (χ2n) is 5.38. The molecule has 2 N–H and O–H groups in total. The Bertz CT molecular complexity index is 754. The van der Waals surface area contributed by atoms with Crippen LogP contribution in [0.1, 0.15) is 11.6 Å². The molecule has 1 heterocycles. The highest BCUT2D eigenvalue weighted by Crippen LogP contribution is 2.31. The average molecular weight is 315 g/mol. The number of hydrogen-bond donors (Lipinski definition) is 2. The van der Waals surface area contributed by atoms with Crippen molar-refractivity contribution in [1.82, 2.24) is 9.88 Å². The van der Waals surface area contributed by atoms with Crippen molar-refractivity contribution in [2.24, 2.45) is 0 Å². The number of halogens is 1. The topological polar surface area (TPSA) is 37.2 Å². The summed E-state index contributed by atoms with van der Waals surface area (Å²) < 4.78 is 2.06. The Morgan fingerprint density at radius 2 is 1.86 bits per heavy atom. The van der Waals surface area contributed by atoms with Crippen molar-refractivity contribution >= 4 is 22.5 Å². The number of nitrogens with one attached hydrogen (secondary N) is 1. The van der Waals surface area contributed by atoms with Crippen LogP contribution in [0.5, 0.6) is 0 Å². The minimum absolute atomic E-state index is 0.189. The van der Waals surface area contributed by atoms with E-state index in [9.17, 15) is 5.11 Å². The van der Waals surface area contributed by atoms with Crippen LogP contribution in [0.3, 0.4) is 0 Å². The first kappa shape index (κ1) is 15.1. The van der Waals surface area contributed by atoms with Gasteiger partial charge in [0.1, 0.15) is 0 Å². The fourth-order valence-corrected chi connectivity index (χ4v) is 3.22. The Morgan fingerprint density at radius 1 is 1.09 bits per heavy atom. The van der Waals surface area contributed by atoms with Crippen LogP contribution in [0.4, 0.5) is 0 Å². The molecule has 0 spiro atoms. The van der Waals surface area contributed by atoms with Crippen LogP contribution in [0.2, 0.25) is 5.02 Å². The van der Waals surface area contributed by atoms with Crippen LogP contribution >= 0.6 is 11.6 Å². The lowest BCUT2D eigenvalue weighted by molar-refractivity contribution is 0.132. The predicted molar refractivity (Wildman–Crippen MR) is 91.5 cm³/mol. The standard InChI is InChI=1S/C18H19ClN2O/c1-20-12-16(22)18(13-6-3-2-4-7-13)21-11-10-14-8-5-9-15(19)17(14)21/h2-11,16,18,20,22H,12H2,1H3/t16-,18+/m1/s1. The van der Waals surface area contributed by atoms with E-state index in [1.165, 1.54) is 0 Å². The predicted octanol–water partition coefficient (Wildman–Crippen LogP) is 3.46. The van der Waals surface area contributed by atoms with E-state index < -0.39 is 6.10 Å². The lowest BCUT2D eigenvalue weighted by Crippen LogP contribution is -2.33. The van der Waals surface area contributed by atoms with Crippen molar-refractivity contribution < 1.29 is 5.11 Å². The second kappa shape index (κ2) is 6.53. The summed E-state index contributed by atoms with van der Waals surface area (Å²) in [6.45, 7) is 0.504. The van der Waals surface area contributed by atoms with Crippen molar-refractivity contribution in [3.63, 3.8) is 0 Å². The van der Waals surface area contributed by atoms with Gasteiger partial charge >= 0.3 is 0 Å². The maximum Gasteiger partial charge on any atom is 0.0912 e. The quantitative estimate of drug-likeness (QED) is 0.756. The number of hydrogen-bond acceptors (Lipinski definition) is 2. The molecule has 0 radical (unpaired) electrons. The Kier molecular flexibility index (Phi) is 4.48. The highest BCUT2D eigenvalue weighted by Gasteiger charge is 2.24. The molecule has 4 heteroatoms. The molecule has 0 bridgehead atoms. The molecule has 3 rings (SSSR count). The SMILES string of the molecule is CNC[C@@H](O)[C@H](c1ccccc1)n1ccc2cccc(Cl)c21. The fourth-order valence-electron chi connectivity index (χ4n) is 2.94. The Balaban J connectivity index is 2.16. The third-order valence-corrected chi connectivity index (χ3v) is 4.21. The van der Waals surface area contributed by atoms with E-state index in [0.29, 0.717) is 11.6 Å². The minimum Gasteiger partial charge on any atom is -0.389 e. The summed E-state index contributed by atoms with van der Waals surface area (Å²) in [4.78, 5) is 0. The summed E-state index contributed by atoms with van der Waals surface area (Å²) in [6.07, 6.45) is 1.44. The summed E-state index contributed by atoms with van der Waals surface area (Å²) in [5.74, 6) is 0. The smallest absolute Gasteiger partial charge is 0.0912 e. The number of fused-ring (bicyclic) bond motifs is 1. The van der Waals surface area contributed by atoms with Crippen molar-refractivity contribution in [3.05, 3.63) is 71.4 Å². The largest absolute Gasteiger partial charge is 0.389 e. The van der Waals surface area contributed by atoms with Crippen molar-refractivity contribution in [2.75, 3.05) is 13.6 Å². The summed E-state index contributed by atoms with van der Waals surface area (Å²) in [7, 11) is 1.84. The number of benzene rings is 2. The molecule has 22 heavy (non-hydrogen) atoms. The van der Waals surface area contributed by atoms with Gasteiger partial charge in [0, 0.05) is 18.1 Å². The van der Waals surface area contributed by atoms with Gasteiger partial charge in [-0.1, -0.05) is 54.1 Å². The van der Waals surface area contributed by atoms with Crippen LogP contribution in [-0.2, 0) is 0 Å². The zero-order valence-electron chi connectivity index (χ0n) is 12.4. The van der Waals surface area contributed by atoms with Gasteiger partial charge in [-0.3, -0.25) is 0 Å². The van der Waals surface area contributed by atoms with Gasteiger partial charge in [0.25, 0.3) is 0 Å². The molecule has 0 amide bonds. The first-order valence-electron chi connectivity index (χ1n) is 7.35. The van der Waals surface area contributed by atoms with Gasteiger partial charge in [0.15, 0.2) is 0 Å². The molecule has 3 aromatic rings. The van der Waals surface area contributed by atoms with Crippen LogP contribution in [0, 0.1) is 0 Å². The summed E-state index contributed by atoms with van der Waals surface area (Å²) in [6, 6.07) is 17.7. The summed E-state index contributed by atoms with van der Waals surface area (Å²) >= 11 is 6.40. The van der Waals surface area contributed by atoms with E-state index in [4.69, 9.17) is 11.6 Å². The molecule has 0 aliphatic carbocycles. The highest BCUT2D eigenvalue weighted by molar-refractivity contribution is 6.35. The van der Waals surface area contributed by atoms with Gasteiger partial charge in [-0.15, -0.1) is 0 Å². The molecule has 0 saturated heterocycles. The number of likely N-dealkylation sites (N-methyl/N-ethyl adjacent to an activating group) is 1. The maximum atomic E-state index is 10.7. The highest BCUT2D eigenvalue weighted by atomic mass is 35.5. The van der Waals surface area contributed by atoms with E-state index >= 15 is 0 Å². The van der Waals surface area contributed by atoms with Crippen LogP contribution < -0.4 is 5.32 Å². The first-order valence-corrected chi connectivity index (χ1v) is 7.73. The van der Waals surface area contributed by atoms with Gasteiger partial charge < -0.3 is 15.0 Å². The molecule has 0 aliphatic heterocycles. The van der Waals surface area contributed by atoms with Gasteiger partial charge in [-0.2, -0.15) is 0 Å². The van der Waals surface area contributed by atoms with Crippen LogP contribution in [0.25, 0.3) is 10.9 Å². The monoisotopic (exact) mass is 314 g/mol. The number of nitrogens with zero attached hydrogens (tertiary/aromatic N) is 1. The summed E-state index contributed by atoms with van der Waals surface area (Å²) in [5.41, 5.74) is 2.01. The third kappa shape index (κ3) is 2.75. The number of aliphatic hydroxyl groups is 1. The molecular formula is C18H19ClN2O. The lowest BCUT2D eigenvalue weighted by atomic mass is 10.0. The zero-order valence-corrected chi connectivity index (χ0v) is 13.2. The maximum absolute atomic E-state index is 10.7. The molecule has 0 unspecified atom stereocenters. The zero-order chi connectivity index (χ0) is 15.5. The number of aliphatic hydroxyl groups excluding tert-OH is 1. The van der Waals surface area contributed by atoms with Crippen molar-refractivity contribution in [2.45, 2.75) is 12.1 Å². The molecule has 114 valence electrons. The van der Waals surface area contributed by atoms with Gasteiger partial charge in [-0.25, -0.2) is 0 Å². The second-order valence-corrected chi connectivity index (χ2v) is 5.79. The van der Waals surface area contributed by atoms with Crippen LogP contribution in [0.15, 0.2) is 60.8 Å². The fraction of sp³-hybridized carbons (Fsp3) is 0.222. The molecule has 0 aliphatic rings. The number of aromatic nitrogens is 1. The minimum atomic E-state index is -0.556. The first-order chi connectivity index (χ1) is 10.7. The van der Waals surface area contributed by atoms with E-state index in [1.807, 2.05) is 67.8 Å². The summed E-state index contributed by atoms with van der Waals surface area (Å²) in [5, 5.41) is 15.5. The Labute approximate surface area is 135 Å². The van der Waals surface area contributed by atoms with E-state index in [1.54, 1.807) is 0 Å². The van der Waals surface area contributed by atoms with Gasteiger partial charge in [0.05, 0.1) is 22.7 Å².